The van der Waals surface area contributed by atoms with Crippen molar-refractivity contribution in [2.75, 3.05) is 0 Å². The number of fused-ring (bicyclic) bond motifs is 3. The van der Waals surface area contributed by atoms with E-state index in [1.807, 2.05) is 20.0 Å². The second kappa shape index (κ2) is 9.69. The highest BCUT2D eigenvalue weighted by Gasteiger charge is 2.32. The molecular weight excluding hydrogens is 351 g/mol. The van der Waals surface area contributed by atoms with E-state index in [1.54, 1.807) is 0 Å². The monoisotopic (exact) mass is 384 g/mol. The molecule has 2 aliphatic heterocycles. The number of rotatable bonds is 2. The first-order valence-corrected chi connectivity index (χ1v) is 10.9. The van der Waals surface area contributed by atoms with Gasteiger partial charge in [0.25, 0.3) is 0 Å². The molecule has 0 radical (unpaired) electrons. The molecule has 3 heteroatoms. The van der Waals surface area contributed by atoms with E-state index in [0.717, 1.165) is 19.2 Å². The van der Waals surface area contributed by atoms with Crippen molar-refractivity contribution in [3.63, 3.8) is 0 Å². The van der Waals surface area contributed by atoms with E-state index in [4.69, 9.17) is 0 Å². The largest absolute Gasteiger partial charge is 0.396 e. The number of aromatic amines is 1. The van der Waals surface area contributed by atoms with Crippen molar-refractivity contribution in [3.05, 3.63) is 89.7 Å². The van der Waals surface area contributed by atoms with Gasteiger partial charge in [0.15, 0.2) is 6.71 Å². The second-order valence-corrected chi connectivity index (χ2v) is 7.68. The molecule has 2 N–H and O–H groups in total. The first-order valence-electron chi connectivity index (χ1n) is 10.9. The molecule has 2 aliphatic rings. The molecule has 150 valence electrons. The van der Waals surface area contributed by atoms with Gasteiger partial charge in [-0.1, -0.05) is 69.2 Å². The molecule has 0 bridgehead atoms. The van der Waals surface area contributed by atoms with Gasteiger partial charge in [0, 0.05) is 17.7 Å². The maximum atomic E-state index is 4.09. The lowest BCUT2D eigenvalue weighted by molar-refractivity contribution is 0.738. The van der Waals surface area contributed by atoms with Crippen molar-refractivity contribution in [2.45, 2.75) is 52.8 Å². The Morgan fingerprint density at radius 2 is 2.00 bits per heavy atom. The summed E-state index contributed by atoms with van der Waals surface area (Å²) in [5.74, 6) is 2.93. The first-order chi connectivity index (χ1) is 14.2. The van der Waals surface area contributed by atoms with Crippen molar-refractivity contribution in [3.8, 4) is 0 Å². The van der Waals surface area contributed by atoms with Crippen LogP contribution in [0, 0.1) is 0 Å². The molecule has 5 rings (SSSR count). The van der Waals surface area contributed by atoms with E-state index in [2.05, 4.69) is 85.4 Å². The van der Waals surface area contributed by atoms with E-state index in [1.165, 1.54) is 38.7 Å². The van der Waals surface area contributed by atoms with E-state index >= 15 is 0 Å². The molecule has 3 aromatic rings. The quantitative estimate of drug-likeness (QED) is 0.508. The minimum absolute atomic E-state index is 0.618. The second-order valence-electron chi connectivity index (χ2n) is 7.68. The third-order valence-corrected chi connectivity index (χ3v) is 5.81. The standard InChI is InChI=1S/C14H16BN.C10H11N.C2H6/c1-10(2)12-5-3-4-11-8-14-15(6-7-16-14)9-13(11)12;1-2-8-3-4-9-5-6-11-10(9)7-8;1-2/h3-7,14,16H,1,8-9H2,2H3;3-7,11H,2H2,1H3;1-2H3. The Kier molecular flexibility index (Phi) is 7.03. The minimum atomic E-state index is 0.618. The lowest BCUT2D eigenvalue weighted by Gasteiger charge is -2.27. The van der Waals surface area contributed by atoms with Crippen LogP contribution in [0.2, 0.25) is 0 Å². The average Bonchev–Trinajstić information content (AvgIpc) is 3.41. The minimum Gasteiger partial charge on any atom is -0.396 e. The summed E-state index contributed by atoms with van der Waals surface area (Å²) in [4.78, 5) is 3.19. The smallest absolute Gasteiger partial charge is 0.198 e. The molecule has 0 saturated heterocycles. The fourth-order valence-corrected chi connectivity index (χ4v) is 4.24. The summed E-state index contributed by atoms with van der Waals surface area (Å²) in [5, 5.41) is 4.74. The molecule has 2 aromatic carbocycles. The number of allylic oxidation sites excluding steroid dienone is 1. The molecule has 1 atom stereocenters. The summed E-state index contributed by atoms with van der Waals surface area (Å²) in [7, 11) is 0. The van der Waals surface area contributed by atoms with Crippen LogP contribution < -0.4 is 5.32 Å². The third-order valence-electron chi connectivity index (χ3n) is 5.81. The Bertz CT molecular complexity index is 999. The number of hydrogen-bond donors (Lipinski definition) is 2. The topological polar surface area (TPSA) is 27.8 Å². The highest BCUT2D eigenvalue weighted by molar-refractivity contribution is 6.66. The molecule has 0 aliphatic carbocycles. The summed E-state index contributed by atoms with van der Waals surface area (Å²) < 4.78 is 0. The summed E-state index contributed by atoms with van der Waals surface area (Å²) in [5.41, 5.74) is 8.19. The maximum absolute atomic E-state index is 4.09. The highest BCUT2D eigenvalue weighted by Crippen LogP contribution is 2.29. The van der Waals surface area contributed by atoms with Gasteiger partial charge in [0.2, 0.25) is 0 Å². The Hall–Kier alpha value is -2.68. The molecule has 0 saturated carbocycles. The van der Waals surface area contributed by atoms with Crippen LogP contribution in [0.15, 0.2) is 67.4 Å². The fourth-order valence-electron chi connectivity index (χ4n) is 4.24. The van der Waals surface area contributed by atoms with Crippen LogP contribution in [-0.4, -0.2) is 17.6 Å². The van der Waals surface area contributed by atoms with Crippen LogP contribution in [-0.2, 0) is 19.2 Å². The SMILES string of the molecule is C=C(C)c1cccc2c1CB1C=CNC1C2.CC.CCc1ccc2cc[nH]c2c1. The van der Waals surface area contributed by atoms with E-state index < -0.39 is 0 Å². The van der Waals surface area contributed by atoms with Gasteiger partial charge < -0.3 is 10.3 Å². The molecular formula is C26H33BN2. The van der Waals surface area contributed by atoms with Crippen molar-refractivity contribution in [1.29, 1.82) is 0 Å². The van der Waals surface area contributed by atoms with Gasteiger partial charge in [-0.3, -0.25) is 0 Å². The van der Waals surface area contributed by atoms with Crippen LogP contribution in [0.1, 0.15) is 49.9 Å². The highest BCUT2D eigenvalue weighted by atomic mass is 14.9. The number of benzene rings is 2. The number of nitrogens with one attached hydrogen (secondary N) is 2. The summed E-state index contributed by atoms with van der Waals surface area (Å²) in [6.45, 7) is 13.0. The van der Waals surface area contributed by atoms with Crippen LogP contribution in [0.3, 0.4) is 0 Å². The van der Waals surface area contributed by atoms with Crippen LogP contribution in [0.25, 0.3) is 16.5 Å². The van der Waals surface area contributed by atoms with Crippen LogP contribution >= 0.6 is 0 Å². The predicted molar refractivity (Wildman–Crippen MR) is 129 cm³/mol. The Morgan fingerprint density at radius 3 is 2.76 bits per heavy atom. The molecule has 2 nitrogen and oxygen atoms in total. The van der Waals surface area contributed by atoms with E-state index in [0.29, 0.717) is 12.7 Å². The Labute approximate surface area is 176 Å². The van der Waals surface area contributed by atoms with Gasteiger partial charge in [-0.15, -0.1) is 0 Å². The lowest BCUT2D eigenvalue weighted by atomic mass is 9.39. The number of hydrogen-bond acceptors (Lipinski definition) is 1. The number of H-pyrrole nitrogens is 1. The Morgan fingerprint density at radius 1 is 1.17 bits per heavy atom. The van der Waals surface area contributed by atoms with Gasteiger partial charge in [0.1, 0.15) is 0 Å². The molecule has 0 fully saturated rings. The molecule has 1 aromatic heterocycles. The lowest BCUT2D eigenvalue weighted by Crippen LogP contribution is -2.42. The van der Waals surface area contributed by atoms with Gasteiger partial charge in [-0.05, 0) is 72.1 Å². The van der Waals surface area contributed by atoms with Crippen LogP contribution in [0.5, 0.6) is 0 Å². The fraction of sp³-hybridized carbons (Fsp3) is 0.308. The molecule has 0 amide bonds. The third kappa shape index (κ3) is 4.67. The first kappa shape index (κ1) is 21.0. The molecule has 3 heterocycles. The van der Waals surface area contributed by atoms with Crippen molar-refractivity contribution >= 4 is 23.2 Å². The number of aryl methyl sites for hydroxylation is 1. The summed E-state index contributed by atoms with van der Waals surface area (Å²) in [6, 6.07) is 15.3. The molecule has 1 unspecified atom stereocenters. The summed E-state index contributed by atoms with van der Waals surface area (Å²) >= 11 is 0. The van der Waals surface area contributed by atoms with Crippen molar-refractivity contribution in [1.82, 2.24) is 10.3 Å². The van der Waals surface area contributed by atoms with Crippen molar-refractivity contribution in [2.24, 2.45) is 0 Å². The van der Waals surface area contributed by atoms with Gasteiger partial charge in [-0.2, -0.15) is 0 Å². The zero-order chi connectivity index (χ0) is 20.8. The molecule has 29 heavy (non-hydrogen) atoms. The number of aromatic nitrogens is 1. The van der Waals surface area contributed by atoms with E-state index in [9.17, 15) is 0 Å². The zero-order valence-corrected chi connectivity index (χ0v) is 18.3. The molecule has 0 spiro atoms. The summed E-state index contributed by atoms with van der Waals surface area (Å²) in [6.07, 6.45) is 7.50. The predicted octanol–water partition coefficient (Wildman–Crippen LogP) is 6.17. The maximum Gasteiger partial charge on any atom is 0.198 e. The van der Waals surface area contributed by atoms with Crippen LogP contribution in [0.4, 0.5) is 0 Å². The van der Waals surface area contributed by atoms with Crippen molar-refractivity contribution < 1.29 is 0 Å². The van der Waals surface area contributed by atoms with Gasteiger partial charge in [-0.25, -0.2) is 0 Å². The van der Waals surface area contributed by atoms with E-state index in [-0.39, 0.29) is 0 Å². The van der Waals surface area contributed by atoms with Gasteiger partial charge >= 0.3 is 0 Å². The zero-order valence-electron chi connectivity index (χ0n) is 18.3. The Balaban J connectivity index is 0.000000162. The normalized spacial score (nSPS) is 16.0. The van der Waals surface area contributed by atoms with Gasteiger partial charge in [0.05, 0.1) is 0 Å². The average molecular weight is 384 g/mol.